The summed E-state index contributed by atoms with van der Waals surface area (Å²) in [6, 6.07) is 4.88. The molecule has 0 fully saturated rings. The molecule has 0 saturated heterocycles. The van der Waals surface area contributed by atoms with Crippen LogP contribution in [0.15, 0.2) is 30.6 Å². The van der Waals surface area contributed by atoms with Crippen molar-refractivity contribution in [2.45, 2.75) is 6.42 Å². The second kappa shape index (κ2) is 5.55. The van der Waals surface area contributed by atoms with Crippen molar-refractivity contribution in [1.82, 2.24) is 4.98 Å². The van der Waals surface area contributed by atoms with E-state index in [0.717, 1.165) is 6.20 Å². The molecule has 1 aromatic carbocycles. The number of aliphatic carboxylic acids is 1. The lowest BCUT2D eigenvalue weighted by atomic mass is 9.99. The largest absolute Gasteiger partial charge is 0.481 e. The molecule has 6 heteroatoms. The molecule has 0 amide bonds. The Bertz CT molecular complexity index is 647. The molecule has 2 rings (SSSR count). The number of rotatable bonds is 3. The van der Waals surface area contributed by atoms with Gasteiger partial charge < -0.3 is 5.11 Å². The van der Waals surface area contributed by atoms with Crippen LogP contribution in [0.2, 0.25) is 10.0 Å². The maximum atomic E-state index is 13.7. The lowest BCUT2D eigenvalue weighted by molar-refractivity contribution is -0.136. The van der Waals surface area contributed by atoms with E-state index in [2.05, 4.69) is 4.98 Å². The van der Waals surface area contributed by atoms with Crippen LogP contribution in [0.25, 0.3) is 11.1 Å². The van der Waals surface area contributed by atoms with Crippen molar-refractivity contribution < 1.29 is 14.3 Å². The van der Waals surface area contributed by atoms with Crippen molar-refractivity contribution in [3.8, 4) is 11.1 Å². The molecule has 1 aromatic heterocycles. The average Bonchev–Trinajstić information content (AvgIpc) is 2.35. The van der Waals surface area contributed by atoms with Crippen LogP contribution in [0.5, 0.6) is 0 Å². The molecule has 1 heterocycles. The Labute approximate surface area is 118 Å². The highest BCUT2D eigenvalue weighted by Crippen LogP contribution is 2.35. The zero-order chi connectivity index (χ0) is 14.0. The number of nitrogens with zero attached hydrogens (tertiary/aromatic N) is 1. The van der Waals surface area contributed by atoms with Gasteiger partial charge in [0.2, 0.25) is 0 Å². The first kappa shape index (κ1) is 13.8. The number of carbonyl (C=O) groups is 1. The minimum atomic E-state index is -1.13. The molecule has 0 radical (unpaired) electrons. The van der Waals surface area contributed by atoms with E-state index in [1.54, 1.807) is 18.2 Å². The standard InChI is InChI=1S/C13H8Cl2FNO2/c14-10-3-1-2-7(13(10)15)9-5-17-6-11(16)8(9)4-12(18)19/h1-3,5-6H,4H2,(H,18,19). The number of carboxylic acid groups (broad SMARTS) is 1. The van der Waals surface area contributed by atoms with Crippen molar-refractivity contribution in [1.29, 1.82) is 0 Å². The Morgan fingerprint density at radius 3 is 2.68 bits per heavy atom. The Kier molecular flexibility index (Phi) is 4.02. The molecule has 0 unspecified atom stereocenters. The Morgan fingerprint density at radius 2 is 2.00 bits per heavy atom. The molecule has 0 aliphatic heterocycles. The first-order valence-electron chi connectivity index (χ1n) is 5.29. The summed E-state index contributed by atoms with van der Waals surface area (Å²) in [4.78, 5) is 14.5. The number of hydrogen-bond acceptors (Lipinski definition) is 2. The van der Waals surface area contributed by atoms with Crippen LogP contribution in [-0.2, 0) is 11.2 Å². The zero-order valence-electron chi connectivity index (χ0n) is 9.53. The minimum absolute atomic E-state index is 0.0340. The van der Waals surface area contributed by atoms with Crippen LogP contribution in [0.3, 0.4) is 0 Å². The lowest BCUT2D eigenvalue weighted by Gasteiger charge is -2.10. The summed E-state index contributed by atoms with van der Waals surface area (Å²) in [6.07, 6.45) is 1.89. The summed E-state index contributed by atoms with van der Waals surface area (Å²) >= 11 is 12.0. The van der Waals surface area contributed by atoms with Crippen molar-refractivity contribution in [3.63, 3.8) is 0 Å². The van der Waals surface area contributed by atoms with Gasteiger partial charge in [-0.3, -0.25) is 9.78 Å². The van der Waals surface area contributed by atoms with Gasteiger partial charge in [-0.1, -0.05) is 35.3 Å². The number of aromatic nitrogens is 1. The fourth-order valence-electron chi connectivity index (χ4n) is 1.74. The predicted molar refractivity (Wildman–Crippen MR) is 71.0 cm³/mol. The Hall–Kier alpha value is -1.65. The normalized spacial score (nSPS) is 10.5. The zero-order valence-corrected chi connectivity index (χ0v) is 11.0. The topological polar surface area (TPSA) is 50.2 Å². The smallest absolute Gasteiger partial charge is 0.307 e. The quantitative estimate of drug-likeness (QED) is 0.937. The van der Waals surface area contributed by atoms with E-state index in [1.165, 1.54) is 6.20 Å². The van der Waals surface area contributed by atoms with Crippen LogP contribution >= 0.6 is 23.2 Å². The molecule has 0 bridgehead atoms. The van der Waals surface area contributed by atoms with Crippen LogP contribution < -0.4 is 0 Å². The molecule has 0 atom stereocenters. The lowest BCUT2D eigenvalue weighted by Crippen LogP contribution is -2.05. The van der Waals surface area contributed by atoms with E-state index >= 15 is 0 Å². The van der Waals surface area contributed by atoms with Gasteiger partial charge in [-0.05, 0) is 6.07 Å². The monoisotopic (exact) mass is 299 g/mol. The highest BCUT2D eigenvalue weighted by molar-refractivity contribution is 6.43. The number of pyridine rings is 1. The van der Waals surface area contributed by atoms with E-state index < -0.39 is 18.2 Å². The van der Waals surface area contributed by atoms with Crippen LogP contribution in [0.4, 0.5) is 4.39 Å². The first-order chi connectivity index (χ1) is 9.00. The second-order valence-corrected chi connectivity index (χ2v) is 4.60. The van der Waals surface area contributed by atoms with Crippen molar-refractivity contribution >= 4 is 29.2 Å². The van der Waals surface area contributed by atoms with Crippen molar-refractivity contribution in [2.24, 2.45) is 0 Å². The third-order valence-corrected chi connectivity index (χ3v) is 3.39. The van der Waals surface area contributed by atoms with Gasteiger partial charge in [0, 0.05) is 22.9 Å². The summed E-state index contributed by atoms with van der Waals surface area (Å²) in [5, 5.41) is 9.39. The number of halogens is 3. The molecule has 98 valence electrons. The van der Waals surface area contributed by atoms with Crippen molar-refractivity contribution in [2.75, 3.05) is 0 Å². The molecule has 3 nitrogen and oxygen atoms in total. The highest BCUT2D eigenvalue weighted by Gasteiger charge is 2.17. The number of benzene rings is 1. The van der Waals surface area contributed by atoms with Gasteiger partial charge in [0.1, 0.15) is 5.82 Å². The van der Waals surface area contributed by atoms with Gasteiger partial charge in [0.25, 0.3) is 0 Å². The fraction of sp³-hybridized carbons (Fsp3) is 0.0769. The summed E-state index contributed by atoms with van der Waals surface area (Å²) in [6.45, 7) is 0. The first-order valence-corrected chi connectivity index (χ1v) is 6.05. The SMILES string of the molecule is O=C(O)Cc1c(F)cncc1-c1cccc(Cl)c1Cl. The van der Waals surface area contributed by atoms with Gasteiger partial charge in [0.15, 0.2) is 0 Å². The number of carboxylic acids is 1. The van der Waals surface area contributed by atoms with Gasteiger partial charge in [-0.2, -0.15) is 0 Å². The third kappa shape index (κ3) is 2.85. The molecule has 0 aliphatic carbocycles. The number of hydrogen-bond donors (Lipinski definition) is 1. The van der Waals surface area contributed by atoms with E-state index in [9.17, 15) is 9.18 Å². The van der Waals surface area contributed by atoms with Gasteiger partial charge >= 0.3 is 5.97 Å². The van der Waals surface area contributed by atoms with Gasteiger partial charge in [-0.15, -0.1) is 0 Å². The fourth-order valence-corrected chi connectivity index (χ4v) is 2.14. The second-order valence-electron chi connectivity index (χ2n) is 3.82. The average molecular weight is 300 g/mol. The predicted octanol–water partition coefficient (Wildman–Crippen LogP) is 3.82. The molecule has 0 spiro atoms. The third-order valence-electron chi connectivity index (χ3n) is 2.57. The summed E-state index contributed by atoms with van der Waals surface area (Å²) in [7, 11) is 0. The summed E-state index contributed by atoms with van der Waals surface area (Å²) < 4.78 is 13.7. The molecular weight excluding hydrogens is 292 g/mol. The summed E-state index contributed by atoms with van der Waals surface area (Å²) in [5.41, 5.74) is 0.819. The molecular formula is C13H8Cl2FNO2. The van der Waals surface area contributed by atoms with Gasteiger partial charge in [0.05, 0.1) is 22.7 Å². The van der Waals surface area contributed by atoms with Crippen molar-refractivity contribution in [3.05, 3.63) is 52.0 Å². The Balaban J connectivity index is 2.65. The minimum Gasteiger partial charge on any atom is -0.481 e. The van der Waals surface area contributed by atoms with Crippen LogP contribution in [-0.4, -0.2) is 16.1 Å². The summed E-state index contributed by atoms with van der Waals surface area (Å²) in [5.74, 6) is -1.82. The van der Waals surface area contributed by atoms with Gasteiger partial charge in [-0.25, -0.2) is 4.39 Å². The molecule has 0 saturated carbocycles. The maximum Gasteiger partial charge on any atom is 0.307 e. The van der Waals surface area contributed by atoms with Crippen LogP contribution in [0.1, 0.15) is 5.56 Å². The van der Waals surface area contributed by atoms with Crippen LogP contribution in [0, 0.1) is 5.82 Å². The van der Waals surface area contributed by atoms with E-state index in [4.69, 9.17) is 28.3 Å². The molecule has 19 heavy (non-hydrogen) atoms. The Morgan fingerprint density at radius 1 is 1.26 bits per heavy atom. The molecule has 2 aromatic rings. The van der Waals surface area contributed by atoms with E-state index in [0.29, 0.717) is 16.1 Å². The highest BCUT2D eigenvalue weighted by atomic mass is 35.5. The maximum absolute atomic E-state index is 13.7. The molecule has 0 aliphatic rings. The molecule has 1 N–H and O–H groups in total. The van der Waals surface area contributed by atoms with E-state index in [1.807, 2.05) is 0 Å². The van der Waals surface area contributed by atoms with E-state index in [-0.39, 0.29) is 10.6 Å².